The van der Waals surface area contributed by atoms with Gasteiger partial charge >= 0.3 is 5.97 Å². The Hall–Kier alpha value is -2.13. The van der Waals surface area contributed by atoms with Gasteiger partial charge in [-0.25, -0.2) is 17.9 Å². The van der Waals surface area contributed by atoms with Crippen LogP contribution in [0.2, 0.25) is 0 Å². The molecule has 0 fully saturated rings. The fraction of sp³-hybridized carbons (Fsp3) is 0.273. The van der Waals surface area contributed by atoms with Gasteiger partial charge < -0.3 is 14.8 Å². The zero-order chi connectivity index (χ0) is 14.8. The van der Waals surface area contributed by atoms with E-state index in [0.717, 1.165) is 6.26 Å². The van der Waals surface area contributed by atoms with Crippen LogP contribution in [0.25, 0.3) is 11.1 Å². The van der Waals surface area contributed by atoms with E-state index in [2.05, 4.69) is 15.0 Å². The summed E-state index contributed by atoms with van der Waals surface area (Å²) in [7, 11) is -3.22. The number of nitrogens with one attached hydrogen (secondary N) is 2. The molecule has 0 amide bonds. The standard InChI is InChI=1S/C11H13N3O5S/c1-20(17,18)13-5-4-12-11-14-8-3-2-7(10(15)16)6-9(8)19-11/h2-3,6,13H,4-5H2,1H3,(H,12,14)(H,15,16). The Morgan fingerprint density at radius 3 is 2.80 bits per heavy atom. The first-order valence-corrected chi connectivity index (χ1v) is 7.57. The van der Waals surface area contributed by atoms with Crippen LogP contribution in [-0.4, -0.2) is 43.8 Å². The highest BCUT2D eigenvalue weighted by Crippen LogP contribution is 2.20. The smallest absolute Gasteiger partial charge is 0.335 e. The minimum absolute atomic E-state index is 0.110. The van der Waals surface area contributed by atoms with Gasteiger partial charge in [-0.2, -0.15) is 4.98 Å². The molecule has 0 unspecified atom stereocenters. The molecule has 0 atom stereocenters. The number of fused-ring (bicyclic) bond motifs is 1. The number of carboxylic acid groups (broad SMARTS) is 1. The van der Waals surface area contributed by atoms with Crippen LogP contribution in [0, 0.1) is 0 Å². The van der Waals surface area contributed by atoms with Gasteiger partial charge in [0, 0.05) is 13.1 Å². The Kier molecular flexibility index (Phi) is 3.91. The van der Waals surface area contributed by atoms with Gasteiger partial charge in [0.15, 0.2) is 5.58 Å². The van der Waals surface area contributed by atoms with E-state index in [-0.39, 0.29) is 18.1 Å². The fourth-order valence-corrected chi connectivity index (χ4v) is 2.01. The highest BCUT2D eigenvalue weighted by atomic mass is 32.2. The van der Waals surface area contributed by atoms with Crippen molar-refractivity contribution < 1.29 is 22.7 Å². The molecule has 1 heterocycles. The predicted molar refractivity (Wildman–Crippen MR) is 72.3 cm³/mol. The minimum Gasteiger partial charge on any atom is -0.478 e. The zero-order valence-corrected chi connectivity index (χ0v) is 11.4. The first kappa shape index (κ1) is 14.3. The normalized spacial score (nSPS) is 11.7. The van der Waals surface area contributed by atoms with E-state index in [1.54, 1.807) is 6.07 Å². The molecule has 2 aromatic rings. The van der Waals surface area contributed by atoms with Crippen molar-refractivity contribution in [3.63, 3.8) is 0 Å². The summed E-state index contributed by atoms with van der Waals surface area (Å²) in [6.07, 6.45) is 1.07. The van der Waals surface area contributed by atoms with Gasteiger partial charge in [-0.3, -0.25) is 0 Å². The summed E-state index contributed by atoms with van der Waals surface area (Å²) < 4.78 is 29.3. The van der Waals surface area contributed by atoms with Crippen LogP contribution in [0.3, 0.4) is 0 Å². The molecule has 0 saturated heterocycles. The second-order valence-electron chi connectivity index (χ2n) is 4.10. The molecule has 0 bridgehead atoms. The SMILES string of the molecule is CS(=O)(=O)NCCNc1nc2ccc(C(=O)O)cc2o1. The lowest BCUT2D eigenvalue weighted by Crippen LogP contribution is -2.27. The van der Waals surface area contributed by atoms with E-state index in [4.69, 9.17) is 9.52 Å². The van der Waals surface area contributed by atoms with Crippen LogP contribution in [-0.2, 0) is 10.0 Å². The first-order valence-electron chi connectivity index (χ1n) is 5.67. The highest BCUT2D eigenvalue weighted by molar-refractivity contribution is 7.88. The lowest BCUT2D eigenvalue weighted by atomic mass is 10.2. The average Bonchev–Trinajstić information content (AvgIpc) is 2.75. The number of oxazole rings is 1. The van der Waals surface area contributed by atoms with E-state index >= 15 is 0 Å². The maximum absolute atomic E-state index is 10.9. The van der Waals surface area contributed by atoms with Crippen molar-refractivity contribution >= 4 is 33.1 Å². The molecule has 0 aliphatic rings. The molecule has 0 aliphatic carbocycles. The van der Waals surface area contributed by atoms with Crippen LogP contribution >= 0.6 is 0 Å². The molecule has 8 nitrogen and oxygen atoms in total. The number of anilines is 1. The monoisotopic (exact) mass is 299 g/mol. The topological polar surface area (TPSA) is 122 Å². The number of aromatic nitrogens is 1. The van der Waals surface area contributed by atoms with Gasteiger partial charge in [-0.15, -0.1) is 0 Å². The summed E-state index contributed by atoms with van der Waals surface area (Å²) in [5.41, 5.74) is 0.982. The Morgan fingerprint density at radius 2 is 2.15 bits per heavy atom. The number of aromatic carboxylic acids is 1. The van der Waals surface area contributed by atoms with Gasteiger partial charge in [-0.05, 0) is 18.2 Å². The van der Waals surface area contributed by atoms with Crippen LogP contribution in [0.1, 0.15) is 10.4 Å². The number of nitrogens with zero attached hydrogens (tertiary/aromatic N) is 1. The lowest BCUT2D eigenvalue weighted by molar-refractivity contribution is 0.0697. The third-order valence-electron chi connectivity index (χ3n) is 2.40. The van der Waals surface area contributed by atoms with Crippen molar-refractivity contribution in [1.82, 2.24) is 9.71 Å². The molecular weight excluding hydrogens is 286 g/mol. The quantitative estimate of drug-likeness (QED) is 0.663. The van der Waals surface area contributed by atoms with Crippen LogP contribution in [0.15, 0.2) is 22.6 Å². The number of hydrogen-bond donors (Lipinski definition) is 3. The number of hydrogen-bond acceptors (Lipinski definition) is 6. The second kappa shape index (κ2) is 5.47. The van der Waals surface area contributed by atoms with Crippen molar-refractivity contribution in [3.05, 3.63) is 23.8 Å². The van der Waals surface area contributed by atoms with Crippen molar-refractivity contribution in [2.24, 2.45) is 0 Å². The number of carbonyl (C=O) groups is 1. The van der Waals surface area contributed by atoms with Gasteiger partial charge in [0.05, 0.1) is 11.8 Å². The van der Waals surface area contributed by atoms with E-state index in [9.17, 15) is 13.2 Å². The van der Waals surface area contributed by atoms with Crippen LogP contribution in [0.4, 0.5) is 6.01 Å². The minimum atomic E-state index is -3.22. The van der Waals surface area contributed by atoms with Crippen molar-refractivity contribution in [3.8, 4) is 0 Å². The molecule has 2 rings (SSSR count). The van der Waals surface area contributed by atoms with E-state index < -0.39 is 16.0 Å². The summed E-state index contributed by atoms with van der Waals surface area (Å²) in [6, 6.07) is 4.56. The summed E-state index contributed by atoms with van der Waals surface area (Å²) in [5.74, 6) is -1.05. The highest BCUT2D eigenvalue weighted by Gasteiger charge is 2.09. The second-order valence-corrected chi connectivity index (χ2v) is 5.93. The maximum Gasteiger partial charge on any atom is 0.335 e. The Morgan fingerprint density at radius 1 is 1.40 bits per heavy atom. The summed E-state index contributed by atoms with van der Waals surface area (Å²) in [5, 5.41) is 11.7. The fourth-order valence-electron chi connectivity index (χ4n) is 1.54. The molecule has 0 saturated carbocycles. The van der Waals surface area contributed by atoms with Crippen molar-refractivity contribution in [2.75, 3.05) is 24.7 Å². The van der Waals surface area contributed by atoms with Gasteiger partial charge in [0.25, 0.3) is 6.01 Å². The number of sulfonamides is 1. The summed E-state index contributed by atoms with van der Waals surface area (Å²) in [4.78, 5) is 14.9. The molecular formula is C11H13N3O5S. The van der Waals surface area contributed by atoms with Crippen LogP contribution < -0.4 is 10.0 Å². The summed E-state index contributed by atoms with van der Waals surface area (Å²) >= 11 is 0. The Bertz CT molecular complexity index is 738. The molecule has 0 radical (unpaired) electrons. The molecule has 1 aromatic heterocycles. The molecule has 3 N–H and O–H groups in total. The van der Waals surface area contributed by atoms with Gasteiger partial charge in [0.1, 0.15) is 5.52 Å². The molecule has 20 heavy (non-hydrogen) atoms. The zero-order valence-electron chi connectivity index (χ0n) is 10.6. The maximum atomic E-state index is 10.9. The molecule has 9 heteroatoms. The predicted octanol–water partition coefficient (Wildman–Crippen LogP) is 0.487. The van der Waals surface area contributed by atoms with E-state index in [1.165, 1.54) is 12.1 Å². The summed E-state index contributed by atoms with van der Waals surface area (Å²) in [6.45, 7) is 0.490. The van der Waals surface area contributed by atoms with E-state index in [0.29, 0.717) is 17.6 Å². The number of rotatable bonds is 6. The third kappa shape index (κ3) is 3.68. The van der Waals surface area contributed by atoms with Gasteiger partial charge in [0.2, 0.25) is 10.0 Å². The lowest BCUT2D eigenvalue weighted by Gasteiger charge is -2.01. The molecule has 1 aromatic carbocycles. The molecule has 0 aliphatic heterocycles. The average molecular weight is 299 g/mol. The Balaban J connectivity index is 2.03. The third-order valence-corrected chi connectivity index (χ3v) is 3.13. The van der Waals surface area contributed by atoms with E-state index in [1.807, 2.05) is 0 Å². The first-order chi connectivity index (χ1) is 9.35. The van der Waals surface area contributed by atoms with Gasteiger partial charge in [-0.1, -0.05) is 0 Å². The van der Waals surface area contributed by atoms with Crippen molar-refractivity contribution in [1.29, 1.82) is 0 Å². The largest absolute Gasteiger partial charge is 0.478 e. The number of carboxylic acids is 1. The Labute approximate surface area is 114 Å². The molecule has 108 valence electrons. The number of benzene rings is 1. The van der Waals surface area contributed by atoms with Crippen LogP contribution in [0.5, 0.6) is 0 Å². The molecule has 0 spiro atoms. The van der Waals surface area contributed by atoms with Crippen molar-refractivity contribution in [2.45, 2.75) is 0 Å².